The third kappa shape index (κ3) is 5.06. The van der Waals surface area contributed by atoms with E-state index in [2.05, 4.69) is 30.5 Å². The van der Waals surface area contributed by atoms with E-state index in [1.807, 2.05) is 0 Å². The lowest BCUT2D eigenvalue weighted by Crippen LogP contribution is -2.19. The minimum absolute atomic E-state index is 0.161. The molecule has 1 aromatic heterocycles. The molecule has 0 spiro atoms. The second-order valence-electron chi connectivity index (χ2n) is 7.65. The number of rotatable bonds is 8. The Morgan fingerprint density at radius 3 is 2.96 bits per heavy atom. The molecule has 25 heavy (non-hydrogen) atoms. The highest BCUT2D eigenvalue weighted by Gasteiger charge is 2.24. The van der Waals surface area contributed by atoms with Gasteiger partial charge >= 0.3 is 0 Å². The van der Waals surface area contributed by atoms with Gasteiger partial charge in [-0.05, 0) is 58.9 Å². The molecule has 140 valence electrons. The number of anilines is 1. The summed E-state index contributed by atoms with van der Waals surface area (Å²) >= 11 is 0. The number of ether oxygens (including phenoxy) is 1. The van der Waals surface area contributed by atoms with Crippen molar-refractivity contribution >= 4 is 5.82 Å². The van der Waals surface area contributed by atoms with Gasteiger partial charge in [0, 0.05) is 36.3 Å². The molecule has 0 radical (unpaired) electrons. The summed E-state index contributed by atoms with van der Waals surface area (Å²) in [7, 11) is 0. The van der Waals surface area contributed by atoms with Crippen molar-refractivity contribution in [2.75, 3.05) is 25.0 Å². The quantitative estimate of drug-likeness (QED) is 0.699. The summed E-state index contributed by atoms with van der Waals surface area (Å²) in [6.45, 7) is 6.90. The van der Waals surface area contributed by atoms with Gasteiger partial charge in [0.25, 0.3) is 0 Å². The second kappa shape index (κ2) is 8.84. The fraction of sp³-hybridized carbons (Fsp3) is 0.750. The fourth-order valence-electron chi connectivity index (χ4n) is 3.81. The predicted octanol–water partition coefficient (Wildman–Crippen LogP) is 3.89. The summed E-state index contributed by atoms with van der Waals surface area (Å²) in [4.78, 5) is 4.78. The van der Waals surface area contributed by atoms with E-state index in [-0.39, 0.29) is 12.0 Å². The van der Waals surface area contributed by atoms with Crippen LogP contribution >= 0.6 is 0 Å². The third-order valence-corrected chi connectivity index (χ3v) is 5.17. The molecule has 1 aromatic rings. The van der Waals surface area contributed by atoms with E-state index in [1.165, 1.54) is 5.56 Å². The molecular weight excluding hydrogens is 317 g/mol. The van der Waals surface area contributed by atoms with E-state index in [1.54, 1.807) is 0 Å². The number of unbranched alkanes of at least 4 members (excludes halogenated alkanes) is 1. The van der Waals surface area contributed by atoms with Crippen LogP contribution in [0.4, 0.5) is 10.2 Å². The van der Waals surface area contributed by atoms with E-state index in [9.17, 15) is 4.39 Å². The minimum Gasteiger partial charge on any atom is -0.491 e. The molecule has 0 saturated carbocycles. The number of nitrogens with one attached hydrogen (secondary N) is 2. The largest absolute Gasteiger partial charge is 0.491 e. The Hall–Kier alpha value is -1.36. The van der Waals surface area contributed by atoms with Crippen molar-refractivity contribution in [3.63, 3.8) is 0 Å². The number of pyridine rings is 1. The third-order valence-electron chi connectivity index (χ3n) is 5.17. The van der Waals surface area contributed by atoms with Gasteiger partial charge in [0.2, 0.25) is 0 Å². The highest BCUT2D eigenvalue weighted by molar-refractivity contribution is 5.55. The molecule has 2 aliphatic heterocycles. The highest BCUT2D eigenvalue weighted by Crippen LogP contribution is 2.31. The van der Waals surface area contributed by atoms with Crippen LogP contribution in [0.1, 0.15) is 57.2 Å². The lowest BCUT2D eigenvalue weighted by molar-refractivity contribution is 0.221. The van der Waals surface area contributed by atoms with Crippen molar-refractivity contribution in [2.45, 2.75) is 71.1 Å². The number of nitrogens with zero attached hydrogens (tertiary/aromatic N) is 1. The molecule has 1 fully saturated rings. The zero-order valence-electron chi connectivity index (χ0n) is 15.6. The molecule has 3 heterocycles. The Balaban J connectivity index is 1.54. The first-order valence-corrected chi connectivity index (χ1v) is 9.91. The maximum absolute atomic E-state index is 14.2. The van der Waals surface area contributed by atoms with Crippen LogP contribution in [0.5, 0.6) is 5.75 Å². The van der Waals surface area contributed by atoms with Crippen molar-refractivity contribution in [3.05, 3.63) is 17.3 Å². The van der Waals surface area contributed by atoms with Gasteiger partial charge in [0.15, 0.2) is 0 Å². The summed E-state index contributed by atoms with van der Waals surface area (Å²) in [5.41, 5.74) is 2.27. The Labute approximate surface area is 150 Å². The Bertz CT molecular complexity index is 558. The van der Waals surface area contributed by atoms with Crippen molar-refractivity contribution in [2.24, 2.45) is 5.92 Å². The average molecular weight is 349 g/mol. The topological polar surface area (TPSA) is 46.2 Å². The number of halogens is 1. The Morgan fingerprint density at radius 1 is 1.32 bits per heavy atom. The molecule has 2 N–H and O–H groups in total. The number of hydrogen-bond acceptors (Lipinski definition) is 4. The zero-order valence-corrected chi connectivity index (χ0v) is 15.6. The van der Waals surface area contributed by atoms with E-state index >= 15 is 0 Å². The predicted molar refractivity (Wildman–Crippen MR) is 100 cm³/mol. The van der Waals surface area contributed by atoms with Crippen LogP contribution in [0.2, 0.25) is 0 Å². The summed E-state index contributed by atoms with van der Waals surface area (Å²) in [6.07, 6.45) is 6.09. The Kier molecular flexibility index (Phi) is 6.51. The van der Waals surface area contributed by atoms with Gasteiger partial charge in [-0.2, -0.15) is 0 Å². The van der Waals surface area contributed by atoms with Crippen LogP contribution in [0.3, 0.4) is 0 Å². The van der Waals surface area contributed by atoms with E-state index in [4.69, 9.17) is 9.72 Å². The van der Waals surface area contributed by atoms with E-state index in [0.29, 0.717) is 6.42 Å². The van der Waals surface area contributed by atoms with Crippen LogP contribution in [-0.4, -0.2) is 36.9 Å². The maximum atomic E-state index is 14.2. The standard InChI is InChI=1S/C20H32FN3O/c1-14(2)25-19-12-16(24-20-17(19)7-5-10-23-20)6-3-4-8-18(21)15-9-11-22-13-15/h12,14-15,18,22H,3-11,13H2,1-2H3,(H,23,24). The van der Waals surface area contributed by atoms with E-state index < -0.39 is 6.17 Å². The van der Waals surface area contributed by atoms with Crippen LogP contribution in [0, 0.1) is 5.92 Å². The molecule has 0 bridgehead atoms. The molecule has 3 rings (SSSR count). The molecule has 5 heteroatoms. The van der Waals surface area contributed by atoms with Crippen LogP contribution in [0.15, 0.2) is 6.07 Å². The number of aromatic nitrogens is 1. The molecule has 0 aromatic carbocycles. The highest BCUT2D eigenvalue weighted by atomic mass is 19.1. The lowest BCUT2D eigenvalue weighted by Gasteiger charge is -2.22. The molecule has 2 unspecified atom stereocenters. The number of aryl methyl sites for hydroxylation is 1. The van der Waals surface area contributed by atoms with Crippen molar-refractivity contribution < 1.29 is 9.13 Å². The second-order valence-corrected chi connectivity index (χ2v) is 7.65. The molecular formula is C20H32FN3O. The first-order chi connectivity index (χ1) is 12.1. The summed E-state index contributed by atoms with van der Waals surface area (Å²) < 4.78 is 20.2. The summed E-state index contributed by atoms with van der Waals surface area (Å²) in [5, 5.41) is 6.65. The SMILES string of the molecule is CC(C)Oc1cc(CCCCC(F)C2CCNC2)nc2c1CCCN2. The van der Waals surface area contributed by atoms with Crippen molar-refractivity contribution in [1.29, 1.82) is 0 Å². The van der Waals surface area contributed by atoms with Gasteiger partial charge in [-0.15, -0.1) is 0 Å². The maximum Gasteiger partial charge on any atom is 0.133 e. The van der Waals surface area contributed by atoms with Crippen molar-refractivity contribution in [1.82, 2.24) is 10.3 Å². The molecule has 0 aliphatic carbocycles. The normalized spacial score (nSPS) is 21.0. The fourth-order valence-corrected chi connectivity index (χ4v) is 3.81. The minimum atomic E-state index is -0.659. The smallest absolute Gasteiger partial charge is 0.133 e. The van der Waals surface area contributed by atoms with Crippen molar-refractivity contribution in [3.8, 4) is 5.75 Å². The van der Waals surface area contributed by atoms with Gasteiger partial charge < -0.3 is 15.4 Å². The Morgan fingerprint density at radius 2 is 2.20 bits per heavy atom. The van der Waals surface area contributed by atoms with Gasteiger partial charge in [-0.1, -0.05) is 6.42 Å². The van der Waals surface area contributed by atoms with Crippen LogP contribution in [0.25, 0.3) is 0 Å². The summed E-state index contributed by atoms with van der Waals surface area (Å²) in [6, 6.07) is 2.10. The van der Waals surface area contributed by atoms with Gasteiger partial charge in [0.05, 0.1) is 6.10 Å². The first-order valence-electron chi connectivity index (χ1n) is 9.91. The monoisotopic (exact) mass is 349 g/mol. The molecule has 4 nitrogen and oxygen atoms in total. The zero-order chi connectivity index (χ0) is 17.6. The van der Waals surface area contributed by atoms with Crippen LogP contribution < -0.4 is 15.4 Å². The van der Waals surface area contributed by atoms with Gasteiger partial charge in [-0.25, -0.2) is 9.37 Å². The van der Waals surface area contributed by atoms with Gasteiger partial charge in [0.1, 0.15) is 17.7 Å². The first kappa shape index (κ1) is 18.4. The van der Waals surface area contributed by atoms with Gasteiger partial charge in [-0.3, -0.25) is 0 Å². The molecule has 0 amide bonds. The number of alkyl halides is 1. The number of fused-ring (bicyclic) bond motifs is 1. The molecule has 1 saturated heterocycles. The van der Waals surface area contributed by atoms with E-state index in [0.717, 1.165) is 75.4 Å². The average Bonchev–Trinajstić information content (AvgIpc) is 3.13. The lowest BCUT2D eigenvalue weighted by atomic mass is 9.97. The molecule has 2 aliphatic rings. The van der Waals surface area contributed by atoms with Crippen LogP contribution in [-0.2, 0) is 12.8 Å². The number of hydrogen-bond donors (Lipinski definition) is 2. The summed E-state index contributed by atoms with van der Waals surface area (Å²) in [5.74, 6) is 2.18. The molecule has 2 atom stereocenters.